The lowest BCUT2D eigenvalue weighted by atomic mass is 9.84. The molecule has 3 unspecified atom stereocenters. The number of aromatic nitrogens is 2. The van der Waals surface area contributed by atoms with Crippen LogP contribution < -0.4 is 11.1 Å². The number of unbranched alkanes of at least 4 members (excludes halogenated alkanes) is 3. The van der Waals surface area contributed by atoms with E-state index in [4.69, 9.17) is 15.5 Å². The highest BCUT2D eigenvalue weighted by Gasteiger charge is 2.26. The van der Waals surface area contributed by atoms with Gasteiger partial charge in [-0.25, -0.2) is 4.98 Å². The van der Waals surface area contributed by atoms with E-state index in [0.29, 0.717) is 24.7 Å². The molecule has 4 N–H and O–H groups in total. The summed E-state index contributed by atoms with van der Waals surface area (Å²) >= 11 is 0. The zero-order valence-corrected chi connectivity index (χ0v) is 26.9. The lowest BCUT2D eigenvalue weighted by Gasteiger charge is -2.27. The Morgan fingerprint density at radius 1 is 1.15 bits per heavy atom. The summed E-state index contributed by atoms with van der Waals surface area (Å²) in [5, 5.41) is 3.47. The van der Waals surface area contributed by atoms with E-state index in [-0.39, 0.29) is 17.5 Å². The number of imidazole rings is 1. The molecule has 0 aliphatic carbocycles. The number of carbonyl (C=O) groups is 1. The van der Waals surface area contributed by atoms with Crippen LogP contribution in [0, 0.1) is 17.3 Å². The number of nitrogens with one attached hydrogen (secondary N) is 2. The van der Waals surface area contributed by atoms with Gasteiger partial charge in [0, 0.05) is 36.6 Å². The molecule has 2 heterocycles. The number of ketones is 1. The lowest BCUT2D eigenvalue weighted by molar-refractivity contribution is -0.125. The number of aryl methyl sites for hydroxylation is 2. The number of hydrogen-bond donors (Lipinski definition) is 3. The van der Waals surface area contributed by atoms with Crippen LogP contribution in [0.5, 0.6) is 0 Å². The van der Waals surface area contributed by atoms with Crippen molar-refractivity contribution in [3.8, 4) is 11.3 Å². The molecule has 1 aromatic heterocycles. The number of hydrogen-bond acceptors (Lipinski definition) is 6. The van der Waals surface area contributed by atoms with Crippen molar-refractivity contribution >= 4 is 11.5 Å². The summed E-state index contributed by atoms with van der Waals surface area (Å²) < 4.78 is 6.05. The van der Waals surface area contributed by atoms with Gasteiger partial charge in [-0.3, -0.25) is 4.79 Å². The highest BCUT2D eigenvalue weighted by molar-refractivity contribution is 5.81. The number of H-pyrrole nitrogens is 1. The number of aromatic amines is 1. The molecule has 7 heteroatoms. The number of ether oxygens (including phenoxy) is 1. The smallest absolute Gasteiger partial charge is 0.136 e. The average molecular weight is 568 g/mol. The number of nitrogens with zero attached hydrogens (tertiary/aromatic N) is 2. The maximum atomic E-state index is 12.3. The minimum Gasteiger partial charge on any atom is -0.381 e. The average Bonchev–Trinajstić information content (AvgIpc) is 3.35. The number of benzene rings is 1. The van der Waals surface area contributed by atoms with E-state index in [2.05, 4.69) is 75.1 Å². The number of rotatable bonds is 19. The molecule has 230 valence electrons. The van der Waals surface area contributed by atoms with E-state index in [1.54, 1.807) is 0 Å². The third-order valence-electron chi connectivity index (χ3n) is 8.35. The number of nitrogens with two attached hydrogens (primary N) is 1. The number of fused-ring (bicyclic) bond motifs is 3. The normalized spacial score (nSPS) is 16.3. The van der Waals surface area contributed by atoms with Crippen molar-refractivity contribution in [3.05, 3.63) is 35.3 Å². The molecule has 1 aliphatic heterocycles. The van der Waals surface area contributed by atoms with Gasteiger partial charge in [-0.05, 0) is 68.7 Å². The molecule has 7 nitrogen and oxygen atoms in total. The van der Waals surface area contributed by atoms with Gasteiger partial charge in [0.05, 0.1) is 24.6 Å². The molecule has 0 fully saturated rings. The van der Waals surface area contributed by atoms with Crippen LogP contribution in [0.4, 0.5) is 5.69 Å². The Balaban J connectivity index is 1.34. The van der Waals surface area contributed by atoms with Gasteiger partial charge in [-0.15, -0.1) is 0 Å². The molecule has 1 aliphatic rings. The van der Waals surface area contributed by atoms with Crippen molar-refractivity contribution < 1.29 is 9.53 Å². The number of carbonyl (C=O) groups excluding carboxylic acids is 1. The fourth-order valence-electron chi connectivity index (χ4n) is 5.67. The quantitative estimate of drug-likeness (QED) is 0.156. The number of anilines is 1. The SMILES string of the molecule is CCCCc1nc2c([nH]1)C(N)Nc1cc(CCCCCN(C)CC(C)COCC(C)(C)CC(=O)C(C)CC)ccc1-2. The van der Waals surface area contributed by atoms with Crippen molar-refractivity contribution in [2.75, 3.05) is 38.7 Å². The van der Waals surface area contributed by atoms with Crippen molar-refractivity contribution in [3.63, 3.8) is 0 Å². The zero-order chi connectivity index (χ0) is 30.0. The van der Waals surface area contributed by atoms with E-state index in [0.717, 1.165) is 80.3 Å². The molecule has 3 rings (SSSR count). The second-order valence-electron chi connectivity index (χ2n) is 13.4. The van der Waals surface area contributed by atoms with Crippen LogP contribution in [-0.4, -0.2) is 54.0 Å². The molecule has 0 amide bonds. The largest absolute Gasteiger partial charge is 0.381 e. The molecule has 0 saturated heterocycles. The summed E-state index contributed by atoms with van der Waals surface area (Å²) in [6.45, 7) is 16.3. The minimum atomic E-state index is -0.246. The molecule has 0 bridgehead atoms. The predicted molar refractivity (Wildman–Crippen MR) is 171 cm³/mol. The first-order valence-electron chi connectivity index (χ1n) is 16.1. The van der Waals surface area contributed by atoms with E-state index < -0.39 is 0 Å². The molecule has 0 radical (unpaired) electrons. The summed E-state index contributed by atoms with van der Waals surface area (Å²) in [4.78, 5) is 23.1. The minimum absolute atomic E-state index is 0.105. The summed E-state index contributed by atoms with van der Waals surface area (Å²) in [6, 6.07) is 6.71. The monoisotopic (exact) mass is 567 g/mol. The Labute approximate surface area is 249 Å². The summed E-state index contributed by atoms with van der Waals surface area (Å²) in [7, 11) is 2.21. The molecule has 0 spiro atoms. The van der Waals surface area contributed by atoms with Crippen LogP contribution in [0.2, 0.25) is 0 Å². The molecule has 1 aromatic carbocycles. The Bertz CT molecular complexity index is 1090. The highest BCUT2D eigenvalue weighted by Crippen LogP contribution is 2.38. The van der Waals surface area contributed by atoms with Crippen molar-refractivity contribution in [2.24, 2.45) is 23.0 Å². The van der Waals surface area contributed by atoms with Crippen LogP contribution in [0.1, 0.15) is 110 Å². The van der Waals surface area contributed by atoms with Crippen LogP contribution in [0.15, 0.2) is 18.2 Å². The Morgan fingerprint density at radius 2 is 1.93 bits per heavy atom. The van der Waals surface area contributed by atoms with Crippen molar-refractivity contribution in [1.29, 1.82) is 0 Å². The molecule has 0 saturated carbocycles. The van der Waals surface area contributed by atoms with E-state index in [1.807, 2.05) is 6.92 Å². The standard InChI is InChI=1S/C34H57N5O2/c1-8-10-15-30-37-31-27-17-16-26(19-28(27)36-33(35)32(31)38-30)14-12-11-13-18-39(7)21-24(3)22-41-23-34(5,6)20-29(40)25(4)9-2/h16-17,19,24-25,33,36H,8-15,18,20-23,35H2,1-7H3,(H,37,38). The maximum Gasteiger partial charge on any atom is 0.136 e. The van der Waals surface area contributed by atoms with Gasteiger partial charge in [0.1, 0.15) is 17.8 Å². The van der Waals surface area contributed by atoms with Gasteiger partial charge >= 0.3 is 0 Å². The second-order valence-corrected chi connectivity index (χ2v) is 13.4. The van der Waals surface area contributed by atoms with Gasteiger partial charge < -0.3 is 25.7 Å². The summed E-state index contributed by atoms with van der Waals surface area (Å²) in [6.07, 6.45) is 9.16. The fraction of sp³-hybridized carbons (Fsp3) is 0.706. The third kappa shape index (κ3) is 10.2. The van der Waals surface area contributed by atoms with Crippen LogP contribution in [0.3, 0.4) is 0 Å². The fourth-order valence-corrected chi connectivity index (χ4v) is 5.67. The van der Waals surface area contributed by atoms with Gasteiger partial charge in [0.25, 0.3) is 0 Å². The Hall–Kier alpha value is -2.22. The van der Waals surface area contributed by atoms with Gasteiger partial charge in [0.15, 0.2) is 0 Å². The first kappa shape index (κ1) is 33.3. The summed E-state index contributed by atoms with van der Waals surface area (Å²) in [5.74, 6) is 2.00. The van der Waals surface area contributed by atoms with Gasteiger partial charge in [-0.1, -0.05) is 66.5 Å². The van der Waals surface area contributed by atoms with Crippen LogP contribution in [-0.2, 0) is 22.4 Å². The Morgan fingerprint density at radius 3 is 2.66 bits per heavy atom. The zero-order valence-electron chi connectivity index (χ0n) is 26.9. The van der Waals surface area contributed by atoms with Gasteiger partial charge in [0.2, 0.25) is 0 Å². The highest BCUT2D eigenvalue weighted by atomic mass is 16.5. The maximum absolute atomic E-state index is 12.3. The molecule has 2 aromatic rings. The molecule has 41 heavy (non-hydrogen) atoms. The molecular weight excluding hydrogens is 510 g/mol. The second kappa shape index (κ2) is 15.9. The van der Waals surface area contributed by atoms with Crippen molar-refractivity contribution in [1.82, 2.24) is 14.9 Å². The topological polar surface area (TPSA) is 96.3 Å². The van der Waals surface area contributed by atoms with E-state index >= 15 is 0 Å². The van der Waals surface area contributed by atoms with E-state index in [1.165, 1.54) is 24.8 Å². The molecule has 3 atom stereocenters. The predicted octanol–water partition coefficient (Wildman–Crippen LogP) is 7.13. The molecular formula is C34H57N5O2. The number of Topliss-reactive ketones (excluding diaryl/α,β-unsaturated/α-hetero) is 1. The Kier molecular flexibility index (Phi) is 12.9. The van der Waals surface area contributed by atoms with Gasteiger partial charge in [-0.2, -0.15) is 0 Å². The van der Waals surface area contributed by atoms with Crippen LogP contribution in [0.25, 0.3) is 11.3 Å². The lowest BCUT2D eigenvalue weighted by Crippen LogP contribution is -2.30. The van der Waals surface area contributed by atoms with E-state index in [9.17, 15) is 4.79 Å². The first-order valence-corrected chi connectivity index (χ1v) is 16.1. The van der Waals surface area contributed by atoms with Crippen LogP contribution >= 0.6 is 0 Å². The van der Waals surface area contributed by atoms with Crippen molar-refractivity contribution in [2.45, 2.75) is 105 Å². The third-order valence-corrected chi connectivity index (χ3v) is 8.35. The first-order chi connectivity index (χ1) is 19.5. The summed E-state index contributed by atoms with van der Waals surface area (Å²) in [5.41, 5.74) is 11.9.